The van der Waals surface area contributed by atoms with Crippen LogP contribution in [0.4, 0.5) is 0 Å². The van der Waals surface area contributed by atoms with E-state index in [4.69, 9.17) is 27.9 Å². The van der Waals surface area contributed by atoms with Gasteiger partial charge in [0, 0.05) is 26.9 Å². The van der Waals surface area contributed by atoms with Crippen LogP contribution in [0.1, 0.15) is 11.1 Å². The van der Waals surface area contributed by atoms with Crippen LogP contribution in [0.5, 0.6) is 0 Å². The summed E-state index contributed by atoms with van der Waals surface area (Å²) in [7, 11) is 15.5. The summed E-state index contributed by atoms with van der Waals surface area (Å²) in [5, 5.41) is 9.06. The zero-order valence-corrected chi connectivity index (χ0v) is 36.6. The number of benzene rings is 1. The SMILES string of the molecule is CN(C)P(C)(=N[P+](N=P(C)(C)C)(N=P(C)(N(C)C)N(C)C)N=P(N(C)C)(N(C)C)N(C)Cc1ccc(COCCO)cc1)N(C)C. The largest absolute Gasteiger partial charge is 0.496 e. The molecule has 0 aliphatic rings. The summed E-state index contributed by atoms with van der Waals surface area (Å²) in [6.07, 6.45) is 0. The Bertz CT molecular complexity index is 1260. The van der Waals surface area contributed by atoms with Crippen LogP contribution in [-0.2, 0) is 17.9 Å². The highest BCUT2D eigenvalue weighted by atomic mass is 31.3. The van der Waals surface area contributed by atoms with E-state index in [0.29, 0.717) is 19.8 Å². The van der Waals surface area contributed by atoms with E-state index in [1.807, 2.05) is 0 Å². The third-order valence-corrected chi connectivity index (χ3v) is 26.6. The first-order chi connectivity index (χ1) is 20.9. The number of aliphatic hydroxyl groups is 1. The minimum absolute atomic E-state index is 0.0217. The molecule has 1 aromatic carbocycles. The first kappa shape index (κ1) is 44.2. The number of hydrogen-bond donors (Lipinski definition) is 1. The Labute approximate surface area is 283 Å². The van der Waals surface area contributed by atoms with Gasteiger partial charge in [0.25, 0.3) is 0 Å². The van der Waals surface area contributed by atoms with Crippen molar-refractivity contribution in [3.8, 4) is 0 Å². The van der Waals surface area contributed by atoms with Crippen molar-refractivity contribution in [2.24, 2.45) is 18.1 Å². The fourth-order valence-electron chi connectivity index (χ4n) is 4.67. The minimum Gasteiger partial charge on any atom is -0.394 e. The quantitative estimate of drug-likeness (QED) is 0.133. The summed E-state index contributed by atoms with van der Waals surface area (Å²) in [6, 6.07) is 8.49. The second kappa shape index (κ2) is 17.9. The van der Waals surface area contributed by atoms with Gasteiger partial charge in [-0.15, -0.1) is 0 Å². The second-order valence-corrected chi connectivity index (χ2v) is 31.4. The Morgan fingerprint density at radius 3 is 1.30 bits per heavy atom. The fourth-order valence-corrected chi connectivity index (χ4v) is 23.4. The molecule has 270 valence electrons. The van der Waals surface area contributed by atoms with E-state index in [2.05, 4.69) is 182 Å². The third kappa shape index (κ3) is 11.4. The molecule has 0 fully saturated rings. The molecule has 0 saturated carbocycles. The Morgan fingerprint density at radius 2 is 0.978 bits per heavy atom. The highest BCUT2D eigenvalue weighted by molar-refractivity contribution is 7.88. The van der Waals surface area contributed by atoms with Crippen molar-refractivity contribution in [2.45, 2.75) is 13.2 Å². The van der Waals surface area contributed by atoms with Crippen LogP contribution < -0.4 is 0 Å². The van der Waals surface area contributed by atoms with Crippen molar-refractivity contribution in [2.75, 3.05) is 138 Å². The van der Waals surface area contributed by atoms with Gasteiger partial charge in [-0.2, -0.15) is 0 Å². The number of nitrogens with zero attached hydrogens (tertiary/aromatic N) is 11. The number of ether oxygens (including phenoxy) is 1. The first-order valence-corrected chi connectivity index (χ1v) is 25.8. The second-order valence-electron chi connectivity index (χ2n) is 13.6. The summed E-state index contributed by atoms with van der Waals surface area (Å²) in [4.78, 5) is 0. The van der Waals surface area contributed by atoms with E-state index >= 15 is 0 Å². The van der Waals surface area contributed by atoms with Crippen LogP contribution in [0, 0.1) is 0 Å². The fraction of sp³-hybridized carbons (Fsp3) is 0.786. The molecule has 46 heavy (non-hydrogen) atoms. The molecule has 0 aliphatic heterocycles. The van der Waals surface area contributed by atoms with Gasteiger partial charge in [0.05, 0.1) is 19.8 Å². The van der Waals surface area contributed by atoms with Crippen LogP contribution >= 0.6 is 37.1 Å². The molecule has 0 aromatic heterocycles. The zero-order valence-electron chi connectivity index (χ0n) is 32.1. The van der Waals surface area contributed by atoms with Gasteiger partial charge < -0.3 is 9.84 Å². The van der Waals surface area contributed by atoms with Crippen LogP contribution in [0.15, 0.2) is 42.3 Å². The molecule has 0 amide bonds. The molecule has 0 atom stereocenters. The van der Waals surface area contributed by atoms with Crippen LogP contribution in [0.3, 0.4) is 0 Å². The van der Waals surface area contributed by atoms with Crippen molar-refractivity contribution >= 4 is 37.1 Å². The number of hydrogen-bond acceptors (Lipinski definition) is 6. The molecule has 1 rings (SSSR count). The lowest BCUT2D eigenvalue weighted by Gasteiger charge is -2.42. The summed E-state index contributed by atoms with van der Waals surface area (Å²) in [5.74, 6) is 0. The molecular formula is C28H67N11O2P5+. The van der Waals surface area contributed by atoms with Gasteiger partial charge in [0.15, 0.2) is 0 Å². The molecule has 0 heterocycles. The maximum absolute atomic E-state index is 9.06. The molecule has 0 aliphatic carbocycles. The zero-order chi connectivity index (χ0) is 35.9. The summed E-state index contributed by atoms with van der Waals surface area (Å²) in [5.41, 5.74) is 2.25. The Hall–Kier alpha value is 0.210. The lowest BCUT2D eigenvalue weighted by Crippen LogP contribution is -2.32. The van der Waals surface area contributed by atoms with E-state index in [1.165, 1.54) is 5.56 Å². The Kier molecular flexibility index (Phi) is 17.2. The molecular weight excluding hydrogens is 677 g/mol. The topological polar surface area (TPSA) is 102 Å². The first-order valence-electron chi connectivity index (χ1n) is 15.3. The highest BCUT2D eigenvalue weighted by Crippen LogP contribution is 2.84. The van der Waals surface area contributed by atoms with Crippen molar-refractivity contribution in [1.29, 1.82) is 0 Å². The smallest absolute Gasteiger partial charge is 0.394 e. The van der Waals surface area contributed by atoms with E-state index < -0.39 is 37.1 Å². The van der Waals surface area contributed by atoms with Crippen LogP contribution in [0.2, 0.25) is 0 Å². The average molecular weight is 745 g/mol. The Morgan fingerprint density at radius 1 is 0.587 bits per heavy atom. The molecule has 13 nitrogen and oxygen atoms in total. The minimum atomic E-state index is -3.12. The predicted molar refractivity (Wildman–Crippen MR) is 211 cm³/mol. The van der Waals surface area contributed by atoms with Crippen molar-refractivity contribution in [1.82, 2.24) is 32.7 Å². The molecule has 0 radical (unpaired) electrons. The molecule has 1 N–H and O–H groups in total. The van der Waals surface area contributed by atoms with Gasteiger partial charge in [0.2, 0.25) is 7.51 Å². The van der Waals surface area contributed by atoms with E-state index in [0.717, 1.165) is 5.56 Å². The molecule has 0 bridgehead atoms. The third-order valence-electron chi connectivity index (χ3n) is 7.71. The molecule has 0 spiro atoms. The molecule has 0 saturated heterocycles. The summed E-state index contributed by atoms with van der Waals surface area (Å²) < 4.78 is 44.8. The van der Waals surface area contributed by atoms with Gasteiger partial charge in [-0.3, -0.25) is 18.7 Å². The lowest BCUT2D eigenvalue weighted by atomic mass is 10.1. The highest BCUT2D eigenvalue weighted by Gasteiger charge is 2.52. The summed E-state index contributed by atoms with van der Waals surface area (Å²) in [6.45, 7) is 12.7. The normalized spacial score (nSPS) is 14.0. The maximum atomic E-state index is 9.06. The lowest BCUT2D eigenvalue weighted by molar-refractivity contribution is 0.0815. The van der Waals surface area contributed by atoms with Crippen molar-refractivity contribution in [3.63, 3.8) is 0 Å². The van der Waals surface area contributed by atoms with Gasteiger partial charge in [-0.1, -0.05) is 28.8 Å². The molecule has 0 unspecified atom stereocenters. The van der Waals surface area contributed by atoms with Crippen molar-refractivity contribution in [3.05, 3.63) is 35.4 Å². The van der Waals surface area contributed by atoms with Crippen molar-refractivity contribution < 1.29 is 9.84 Å². The van der Waals surface area contributed by atoms with E-state index in [-0.39, 0.29) is 6.61 Å². The van der Waals surface area contributed by atoms with E-state index in [9.17, 15) is 0 Å². The number of rotatable bonds is 17. The van der Waals surface area contributed by atoms with Gasteiger partial charge in [-0.25, -0.2) is 14.0 Å². The Balaban J connectivity index is 4.42. The number of aliphatic hydroxyl groups excluding tert-OH is 1. The van der Waals surface area contributed by atoms with Gasteiger partial charge in [-0.05, 0) is 136 Å². The predicted octanol–water partition coefficient (Wildman–Crippen LogP) is 7.03. The average Bonchev–Trinajstić information content (AvgIpc) is 2.90. The van der Waals surface area contributed by atoms with E-state index in [1.54, 1.807) is 0 Å². The monoisotopic (exact) mass is 744 g/mol. The van der Waals surface area contributed by atoms with Gasteiger partial charge in [0.1, 0.15) is 14.7 Å². The molecule has 1 aromatic rings. The summed E-state index contributed by atoms with van der Waals surface area (Å²) >= 11 is 0. The maximum Gasteiger partial charge on any atom is 0.496 e. The van der Waals surface area contributed by atoms with Gasteiger partial charge >= 0.3 is 7.87 Å². The molecule has 18 heteroatoms. The van der Waals surface area contributed by atoms with Crippen LogP contribution in [-0.4, -0.2) is 176 Å². The standard InChI is InChI=1S/C28H67N11O2P5/c1-33(2)43(17,34(3)4)30-45(29-42(14,15)16,31-44(18,35(5)6)36(7)8)32-46(37(9)10,38(11)12)39(13)25-27-19-21-28(22-20-27)26-41-24-23-40/h19-22,40H,23-26H2,1-18H3/q+1. The van der Waals surface area contributed by atoms with Crippen LogP contribution in [0.25, 0.3) is 0 Å².